The third-order valence-electron chi connectivity index (χ3n) is 4.91. The third kappa shape index (κ3) is 7.68. The van der Waals surface area contributed by atoms with Crippen molar-refractivity contribution in [2.24, 2.45) is 5.92 Å². The lowest BCUT2D eigenvalue weighted by Gasteiger charge is -2.31. The quantitative estimate of drug-likeness (QED) is 0.683. The number of alkyl halides is 3. The molecule has 0 unspecified atom stereocenters. The maximum absolute atomic E-state index is 12.2. The molecule has 2 aromatic rings. The molecule has 0 atom stereocenters. The van der Waals surface area contributed by atoms with E-state index in [1.807, 2.05) is 30.3 Å². The minimum Gasteiger partial charge on any atom is -0.406 e. The van der Waals surface area contributed by atoms with Gasteiger partial charge in [-0.05, 0) is 61.7 Å². The van der Waals surface area contributed by atoms with E-state index in [1.165, 1.54) is 24.3 Å². The number of piperidine rings is 1. The highest BCUT2D eigenvalue weighted by atomic mass is 19.4. The van der Waals surface area contributed by atoms with Crippen LogP contribution in [0.3, 0.4) is 0 Å². The van der Waals surface area contributed by atoms with Gasteiger partial charge in [0, 0.05) is 12.3 Å². The van der Waals surface area contributed by atoms with Gasteiger partial charge in [-0.2, -0.15) is 0 Å². The van der Waals surface area contributed by atoms with Crippen LogP contribution in [0, 0.1) is 5.92 Å². The van der Waals surface area contributed by atoms with Crippen LogP contribution in [0.5, 0.6) is 5.75 Å². The molecule has 5 nitrogen and oxygen atoms in total. The second-order valence-corrected chi connectivity index (χ2v) is 7.34. The molecule has 1 N–H and O–H groups in total. The Morgan fingerprint density at radius 1 is 1.03 bits per heavy atom. The molecule has 0 radical (unpaired) electrons. The molecule has 1 amide bonds. The highest BCUT2D eigenvalue weighted by Gasteiger charge is 2.31. The Morgan fingerprint density at radius 2 is 1.70 bits per heavy atom. The van der Waals surface area contributed by atoms with Gasteiger partial charge in [0.15, 0.2) is 0 Å². The lowest BCUT2D eigenvalue weighted by molar-refractivity contribution is -0.274. The van der Waals surface area contributed by atoms with Gasteiger partial charge >= 0.3 is 6.36 Å². The number of nitrogens with zero attached hydrogens (tertiary/aromatic N) is 1. The number of benzene rings is 2. The zero-order chi connectivity index (χ0) is 21.4. The average molecular weight is 422 g/mol. The Labute approximate surface area is 173 Å². The molecule has 1 aliphatic rings. The molecule has 1 saturated heterocycles. The van der Waals surface area contributed by atoms with Gasteiger partial charge in [-0.25, -0.2) is 0 Å². The van der Waals surface area contributed by atoms with Crippen LogP contribution in [-0.4, -0.2) is 43.4 Å². The van der Waals surface area contributed by atoms with E-state index < -0.39 is 6.36 Å². The van der Waals surface area contributed by atoms with Crippen LogP contribution >= 0.6 is 0 Å². The second-order valence-electron chi connectivity index (χ2n) is 7.34. The molecule has 1 aliphatic heterocycles. The van der Waals surface area contributed by atoms with Crippen molar-refractivity contribution in [3.63, 3.8) is 0 Å². The zero-order valence-corrected chi connectivity index (χ0v) is 16.5. The number of carbonyl (C=O) groups is 1. The molecule has 0 saturated carbocycles. The molecule has 162 valence electrons. The lowest BCUT2D eigenvalue weighted by Crippen LogP contribution is -2.40. The summed E-state index contributed by atoms with van der Waals surface area (Å²) in [6.07, 6.45) is -2.80. The zero-order valence-electron chi connectivity index (χ0n) is 16.5. The van der Waals surface area contributed by atoms with Gasteiger partial charge in [0.1, 0.15) is 5.75 Å². The van der Waals surface area contributed by atoms with Gasteiger partial charge in [0.25, 0.3) is 0 Å². The summed E-state index contributed by atoms with van der Waals surface area (Å²) in [5.74, 6) is -0.0375. The maximum Gasteiger partial charge on any atom is 0.573 e. The number of rotatable bonds is 8. The van der Waals surface area contributed by atoms with Gasteiger partial charge < -0.3 is 14.8 Å². The van der Waals surface area contributed by atoms with Crippen LogP contribution in [0.1, 0.15) is 18.4 Å². The normalized spacial score (nSPS) is 15.7. The molecule has 30 heavy (non-hydrogen) atoms. The Hall–Kier alpha value is -2.58. The first-order valence-corrected chi connectivity index (χ1v) is 9.87. The molecule has 0 aromatic heterocycles. The molecule has 0 bridgehead atoms. The minimum atomic E-state index is -4.73. The number of anilines is 1. The van der Waals surface area contributed by atoms with E-state index >= 15 is 0 Å². The predicted molar refractivity (Wildman–Crippen MR) is 107 cm³/mol. The van der Waals surface area contributed by atoms with Crippen molar-refractivity contribution in [2.75, 3.05) is 31.6 Å². The van der Waals surface area contributed by atoms with Gasteiger partial charge in [-0.3, -0.25) is 9.69 Å². The van der Waals surface area contributed by atoms with E-state index in [-0.39, 0.29) is 18.2 Å². The van der Waals surface area contributed by atoms with Crippen LogP contribution in [-0.2, 0) is 16.1 Å². The summed E-state index contributed by atoms with van der Waals surface area (Å²) in [5.41, 5.74) is 1.59. The van der Waals surface area contributed by atoms with E-state index in [0.717, 1.165) is 31.5 Å². The van der Waals surface area contributed by atoms with Crippen LogP contribution in [0.4, 0.5) is 18.9 Å². The average Bonchev–Trinajstić information content (AvgIpc) is 2.70. The first-order chi connectivity index (χ1) is 14.4. The Morgan fingerprint density at radius 3 is 2.33 bits per heavy atom. The summed E-state index contributed by atoms with van der Waals surface area (Å²) >= 11 is 0. The van der Waals surface area contributed by atoms with E-state index in [9.17, 15) is 18.0 Å². The van der Waals surface area contributed by atoms with Crippen LogP contribution in [0.25, 0.3) is 0 Å². The summed E-state index contributed by atoms with van der Waals surface area (Å²) in [6, 6.07) is 15.2. The molecule has 1 heterocycles. The standard InChI is InChI=1S/C22H25F3N2O3/c23-22(24,25)30-20-8-6-19(7-9-20)26-21(28)14-27-12-10-18(11-13-27)16-29-15-17-4-2-1-3-5-17/h1-9,18H,10-16H2,(H,26,28). The Kier molecular flexibility index (Phi) is 7.70. The monoisotopic (exact) mass is 422 g/mol. The fourth-order valence-corrected chi connectivity index (χ4v) is 3.37. The molecule has 0 aliphatic carbocycles. The van der Waals surface area contributed by atoms with Crippen molar-refractivity contribution in [1.29, 1.82) is 0 Å². The molecule has 2 aromatic carbocycles. The molecular formula is C22H25F3N2O3. The minimum absolute atomic E-state index is 0.196. The van der Waals surface area contributed by atoms with Gasteiger partial charge in [0.05, 0.1) is 13.2 Å². The summed E-state index contributed by atoms with van der Waals surface area (Å²) in [6.45, 7) is 3.19. The highest BCUT2D eigenvalue weighted by Crippen LogP contribution is 2.24. The number of ether oxygens (including phenoxy) is 2. The van der Waals surface area contributed by atoms with Crippen molar-refractivity contribution in [1.82, 2.24) is 4.90 Å². The topological polar surface area (TPSA) is 50.8 Å². The number of halogens is 3. The number of hydrogen-bond acceptors (Lipinski definition) is 4. The predicted octanol–water partition coefficient (Wildman–Crippen LogP) is 4.45. The number of carbonyl (C=O) groups excluding carboxylic acids is 1. The summed E-state index contributed by atoms with van der Waals surface area (Å²) in [7, 11) is 0. The van der Waals surface area contributed by atoms with E-state index in [4.69, 9.17) is 4.74 Å². The van der Waals surface area contributed by atoms with Gasteiger partial charge in [0.2, 0.25) is 5.91 Å². The number of nitrogens with one attached hydrogen (secondary N) is 1. The second kappa shape index (κ2) is 10.4. The Balaban J connectivity index is 1.34. The molecule has 0 spiro atoms. The summed E-state index contributed by atoms with van der Waals surface area (Å²) < 4.78 is 46.2. The molecule has 8 heteroatoms. The maximum atomic E-state index is 12.2. The summed E-state index contributed by atoms with van der Waals surface area (Å²) in [5, 5.41) is 2.70. The van der Waals surface area contributed by atoms with Crippen molar-refractivity contribution in [3.8, 4) is 5.75 Å². The van der Waals surface area contributed by atoms with E-state index in [0.29, 0.717) is 24.8 Å². The van der Waals surface area contributed by atoms with Crippen LogP contribution < -0.4 is 10.1 Å². The van der Waals surface area contributed by atoms with E-state index in [2.05, 4.69) is 15.0 Å². The van der Waals surface area contributed by atoms with Crippen molar-refractivity contribution in [2.45, 2.75) is 25.8 Å². The van der Waals surface area contributed by atoms with Crippen molar-refractivity contribution < 1.29 is 27.4 Å². The molecular weight excluding hydrogens is 397 g/mol. The van der Waals surface area contributed by atoms with E-state index in [1.54, 1.807) is 0 Å². The Bertz CT molecular complexity index is 790. The van der Waals surface area contributed by atoms with Crippen LogP contribution in [0.2, 0.25) is 0 Å². The third-order valence-corrected chi connectivity index (χ3v) is 4.91. The lowest BCUT2D eigenvalue weighted by atomic mass is 9.98. The SMILES string of the molecule is O=C(CN1CCC(COCc2ccccc2)CC1)Nc1ccc(OC(F)(F)F)cc1. The first kappa shape index (κ1) is 22.1. The molecule has 3 rings (SSSR count). The number of likely N-dealkylation sites (tertiary alicyclic amines) is 1. The molecule has 1 fully saturated rings. The largest absolute Gasteiger partial charge is 0.573 e. The van der Waals surface area contributed by atoms with Gasteiger partial charge in [-0.15, -0.1) is 13.2 Å². The first-order valence-electron chi connectivity index (χ1n) is 9.87. The van der Waals surface area contributed by atoms with Gasteiger partial charge in [-0.1, -0.05) is 30.3 Å². The fourth-order valence-electron chi connectivity index (χ4n) is 3.37. The smallest absolute Gasteiger partial charge is 0.406 e. The number of hydrogen-bond donors (Lipinski definition) is 1. The number of amides is 1. The summed E-state index contributed by atoms with van der Waals surface area (Å²) in [4.78, 5) is 14.3. The van der Waals surface area contributed by atoms with Crippen LogP contribution in [0.15, 0.2) is 54.6 Å². The fraction of sp³-hybridized carbons (Fsp3) is 0.409. The van der Waals surface area contributed by atoms with Crippen molar-refractivity contribution in [3.05, 3.63) is 60.2 Å². The highest BCUT2D eigenvalue weighted by molar-refractivity contribution is 5.92. The van der Waals surface area contributed by atoms with Crippen molar-refractivity contribution >= 4 is 11.6 Å².